The van der Waals surface area contributed by atoms with E-state index in [0.29, 0.717) is 0 Å². The largest absolute Gasteiger partial charge is 0.372 e. The van der Waals surface area contributed by atoms with Gasteiger partial charge in [-0.1, -0.05) is 0 Å². The van der Waals surface area contributed by atoms with Gasteiger partial charge in [0.25, 0.3) is 0 Å². The van der Waals surface area contributed by atoms with E-state index in [1.54, 1.807) is 11.0 Å². The third-order valence-electron chi connectivity index (χ3n) is 4.65. The minimum absolute atomic E-state index is 0.802. The first-order chi connectivity index (χ1) is 11.7. The molecule has 0 radical (unpaired) electrons. The number of nitrogens with zero attached hydrogens (tertiary/aromatic N) is 5. The average molecular weight is 322 g/mol. The highest BCUT2D eigenvalue weighted by molar-refractivity contribution is 5.90. The van der Waals surface area contributed by atoms with Crippen molar-refractivity contribution >= 4 is 28.2 Å². The normalized spacial score (nSPS) is 15.0. The number of piperidine rings is 1. The minimum atomic E-state index is 0.802. The third-order valence-corrected chi connectivity index (χ3v) is 4.65. The van der Waals surface area contributed by atoms with Gasteiger partial charge in [-0.3, -0.25) is 4.68 Å². The highest BCUT2D eigenvalue weighted by atomic mass is 15.3. The van der Waals surface area contributed by atoms with Gasteiger partial charge in [0, 0.05) is 31.5 Å². The smallest absolute Gasteiger partial charge is 0.163 e. The van der Waals surface area contributed by atoms with Crippen molar-refractivity contribution in [3.05, 3.63) is 36.3 Å². The van der Waals surface area contributed by atoms with E-state index in [1.165, 1.54) is 24.9 Å². The van der Waals surface area contributed by atoms with E-state index in [9.17, 15) is 0 Å². The Balaban J connectivity index is 1.59. The van der Waals surface area contributed by atoms with Crippen molar-refractivity contribution in [1.82, 2.24) is 19.7 Å². The summed E-state index contributed by atoms with van der Waals surface area (Å²) in [5.74, 6) is 0.802. The summed E-state index contributed by atoms with van der Waals surface area (Å²) in [4.78, 5) is 11.2. The van der Waals surface area contributed by atoms with Crippen LogP contribution < -0.4 is 10.2 Å². The van der Waals surface area contributed by atoms with Gasteiger partial charge in [-0.15, -0.1) is 0 Å². The molecule has 1 aliphatic rings. The van der Waals surface area contributed by atoms with Crippen LogP contribution in [0.1, 0.15) is 25.0 Å². The monoisotopic (exact) mass is 322 g/mol. The van der Waals surface area contributed by atoms with Crippen molar-refractivity contribution in [2.75, 3.05) is 23.3 Å². The van der Waals surface area contributed by atoms with E-state index in [1.807, 2.05) is 14.0 Å². The zero-order chi connectivity index (χ0) is 16.5. The van der Waals surface area contributed by atoms with Gasteiger partial charge in [0.2, 0.25) is 0 Å². The molecule has 0 atom stereocenters. The van der Waals surface area contributed by atoms with Gasteiger partial charge in [-0.05, 0) is 50.5 Å². The van der Waals surface area contributed by atoms with Crippen LogP contribution >= 0.6 is 0 Å². The number of fused-ring (bicyclic) bond motifs is 1. The van der Waals surface area contributed by atoms with Crippen molar-refractivity contribution < 1.29 is 0 Å². The lowest BCUT2D eigenvalue weighted by Crippen LogP contribution is -2.29. The molecular weight excluding hydrogens is 300 g/mol. The van der Waals surface area contributed by atoms with E-state index < -0.39 is 0 Å². The summed E-state index contributed by atoms with van der Waals surface area (Å²) in [5.41, 5.74) is 4.10. The van der Waals surface area contributed by atoms with Gasteiger partial charge in [-0.2, -0.15) is 5.10 Å². The van der Waals surface area contributed by atoms with E-state index in [0.717, 1.165) is 41.3 Å². The summed E-state index contributed by atoms with van der Waals surface area (Å²) in [5, 5.41) is 8.82. The maximum absolute atomic E-state index is 4.44. The first-order valence-electron chi connectivity index (χ1n) is 8.49. The molecule has 2 aromatic heterocycles. The Kier molecular flexibility index (Phi) is 3.80. The fourth-order valence-corrected chi connectivity index (χ4v) is 3.42. The molecule has 3 aromatic rings. The number of aromatic nitrogens is 4. The summed E-state index contributed by atoms with van der Waals surface area (Å²) in [6.07, 6.45) is 5.51. The van der Waals surface area contributed by atoms with Crippen LogP contribution in [-0.4, -0.2) is 32.8 Å². The molecule has 6 nitrogen and oxygen atoms in total. The highest BCUT2D eigenvalue weighted by Gasteiger charge is 2.13. The molecular formula is C18H22N6. The maximum Gasteiger partial charge on any atom is 0.163 e. The van der Waals surface area contributed by atoms with Crippen LogP contribution in [0, 0.1) is 6.92 Å². The average Bonchev–Trinajstić information content (AvgIpc) is 2.92. The molecule has 1 aliphatic heterocycles. The van der Waals surface area contributed by atoms with Crippen LogP contribution in [0.3, 0.4) is 0 Å². The van der Waals surface area contributed by atoms with Crippen LogP contribution in [0.15, 0.2) is 30.6 Å². The lowest BCUT2D eigenvalue weighted by Gasteiger charge is -2.28. The van der Waals surface area contributed by atoms with Crippen molar-refractivity contribution in [2.24, 2.45) is 7.05 Å². The molecule has 0 amide bonds. The van der Waals surface area contributed by atoms with Gasteiger partial charge in [0.15, 0.2) is 5.65 Å². The van der Waals surface area contributed by atoms with Crippen LogP contribution in [0.2, 0.25) is 0 Å². The number of rotatable bonds is 3. The molecule has 1 saturated heterocycles. The van der Waals surface area contributed by atoms with Crippen molar-refractivity contribution in [3.8, 4) is 0 Å². The number of hydrogen-bond acceptors (Lipinski definition) is 5. The standard InChI is InChI=1S/C18H22N6/c1-13-16-17(19-12-20-18(16)23(2)22-13)21-14-6-8-15(9-7-14)24-10-4-3-5-11-24/h6-9,12H,3-5,10-11H2,1-2H3,(H,19,20,21). The van der Waals surface area contributed by atoms with Crippen molar-refractivity contribution in [1.29, 1.82) is 0 Å². The lowest BCUT2D eigenvalue weighted by atomic mass is 10.1. The van der Waals surface area contributed by atoms with Gasteiger partial charge >= 0.3 is 0 Å². The SMILES string of the molecule is Cc1nn(C)c2ncnc(Nc3ccc(N4CCCCC4)cc3)c12. The highest BCUT2D eigenvalue weighted by Crippen LogP contribution is 2.27. The molecule has 0 unspecified atom stereocenters. The minimum Gasteiger partial charge on any atom is -0.372 e. The quantitative estimate of drug-likeness (QED) is 0.801. The molecule has 0 aliphatic carbocycles. The fraction of sp³-hybridized carbons (Fsp3) is 0.389. The predicted molar refractivity (Wildman–Crippen MR) is 96.8 cm³/mol. The zero-order valence-electron chi connectivity index (χ0n) is 14.2. The summed E-state index contributed by atoms with van der Waals surface area (Å²) in [6.45, 7) is 4.30. The van der Waals surface area contributed by atoms with Gasteiger partial charge in [0.1, 0.15) is 12.1 Å². The number of benzene rings is 1. The summed E-state index contributed by atoms with van der Waals surface area (Å²) >= 11 is 0. The Hall–Kier alpha value is -2.63. The predicted octanol–water partition coefficient (Wildman–Crippen LogP) is 3.41. The molecule has 24 heavy (non-hydrogen) atoms. The van der Waals surface area contributed by atoms with Crippen LogP contribution in [-0.2, 0) is 7.05 Å². The zero-order valence-corrected chi connectivity index (χ0v) is 14.2. The lowest BCUT2D eigenvalue weighted by molar-refractivity contribution is 0.578. The molecule has 1 N–H and O–H groups in total. The van der Waals surface area contributed by atoms with Crippen molar-refractivity contribution in [2.45, 2.75) is 26.2 Å². The Bertz CT molecular complexity index is 846. The Morgan fingerprint density at radius 1 is 1.00 bits per heavy atom. The topological polar surface area (TPSA) is 58.9 Å². The first kappa shape index (κ1) is 14.9. The molecule has 1 aromatic carbocycles. The Labute approximate surface area is 141 Å². The second-order valence-electron chi connectivity index (χ2n) is 6.35. The fourth-order valence-electron chi connectivity index (χ4n) is 3.42. The number of nitrogens with one attached hydrogen (secondary N) is 1. The molecule has 0 bridgehead atoms. The molecule has 3 heterocycles. The molecule has 1 fully saturated rings. The van der Waals surface area contributed by atoms with Crippen LogP contribution in [0.5, 0.6) is 0 Å². The Morgan fingerprint density at radius 2 is 1.75 bits per heavy atom. The van der Waals surface area contributed by atoms with Gasteiger partial charge in [-0.25, -0.2) is 9.97 Å². The number of anilines is 3. The molecule has 6 heteroatoms. The summed E-state index contributed by atoms with van der Waals surface area (Å²) in [6, 6.07) is 8.59. The van der Waals surface area contributed by atoms with Gasteiger partial charge < -0.3 is 10.2 Å². The third kappa shape index (κ3) is 2.68. The number of aryl methyl sites for hydroxylation is 2. The molecule has 4 rings (SSSR count). The van der Waals surface area contributed by atoms with E-state index in [-0.39, 0.29) is 0 Å². The van der Waals surface area contributed by atoms with Gasteiger partial charge in [0.05, 0.1) is 11.1 Å². The molecule has 0 saturated carbocycles. The van der Waals surface area contributed by atoms with Crippen LogP contribution in [0.25, 0.3) is 11.0 Å². The van der Waals surface area contributed by atoms with E-state index in [4.69, 9.17) is 0 Å². The van der Waals surface area contributed by atoms with E-state index >= 15 is 0 Å². The summed E-state index contributed by atoms with van der Waals surface area (Å²) < 4.78 is 1.79. The second kappa shape index (κ2) is 6.11. The molecule has 124 valence electrons. The van der Waals surface area contributed by atoms with Crippen molar-refractivity contribution in [3.63, 3.8) is 0 Å². The first-order valence-corrected chi connectivity index (χ1v) is 8.49. The summed E-state index contributed by atoms with van der Waals surface area (Å²) in [7, 11) is 1.90. The Morgan fingerprint density at radius 3 is 2.50 bits per heavy atom. The maximum atomic E-state index is 4.44. The second-order valence-corrected chi connectivity index (χ2v) is 6.35. The van der Waals surface area contributed by atoms with Crippen LogP contribution in [0.4, 0.5) is 17.2 Å². The van der Waals surface area contributed by atoms with E-state index in [2.05, 4.69) is 49.5 Å². The molecule has 0 spiro atoms. The number of hydrogen-bond donors (Lipinski definition) is 1.